The van der Waals surface area contributed by atoms with Gasteiger partial charge < -0.3 is 23.9 Å². The predicted molar refractivity (Wildman–Crippen MR) is 111 cm³/mol. The molecule has 0 fully saturated rings. The van der Waals surface area contributed by atoms with Crippen molar-refractivity contribution in [3.8, 4) is 17.2 Å². The summed E-state index contributed by atoms with van der Waals surface area (Å²) < 4.78 is 21.1. The van der Waals surface area contributed by atoms with Crippen LogP contribution < -0.4 is 25.2 Å². The second-order valence-electron chi connectivity index (χ2n) is 6.24. The molecule has 1 aromatic heterocycles. The summed E-state index contributed by atoms with van der Waals surface area (Å²) in [6.07, 6.45) is 3.02. The number of carbonyl (C=O) groups is 1. The first kappa shape index (κ1) is 20.0. The fourth-order valence-corrected chi connectivity index (χ4v) is 2.96. The lowest BCUT2D eigenvalue weighted by molar-refractivity contribution is -0.111. The highest BCUT2D eigenvalue weighted by Gasteiger charge is 2.12. The van der Waals surface area contributed by atoms with Crippen LogP contribution in [0.5, 0.6) is 17.2 Å². The predicted octanol–water partition coefficient (Wildman–Crippen LogP) is 3.78. The molecule has 0 aliphatic heterocycles. The third kappa shape index (κ3) is 4.40. The summed E-state index contributed by atoms with van der Waals surface area (Å²) in [6.45, 7) is 1.83. The number of fused-ring (bicyclic) bond motifs is 1. The van der Waals surface area contributed by atoms with Gasteiger partial charge in [0.15, 0.2) is 11.5 Å². The summed E-state index contributed by atoms with van der Waals surface area (Å²) >= 11 is 0. The molecular weight excluding hydrogens is 374 g/mol. The van der Waals surface area contributed by atoms with Crippen LogP contribution in [-0.2, 0) is 4.79 Å². The van der Waals surface area contributed by atoms with Crippen LogP contribution in [0.25, 0.3) is 17.0 Å². The van der Waals surface area contributed by atoms with Gasteiger partial charge in [0.05, 0.1) is 21.3 Å². The Kier molecular flexibility index (Phi) is 5.87. The van der Waals surface area contributed by atoms with E-state index in [0.717, 1.165) is 10.9 Å². The van der Waals surface area contributed by atoms with Gasteiger partial charge in [0, 0.05) is 29.3 Å². The molecule has 1 amide bonds. The molecule has 7 nitrogen and oxygen atoms in total. The molecule has 0 saturated carbocycles. The number of hydrogen-bond acceptors (Lipinski definition) is 6. The van der Waals surface area contributed by atoms with Crippen molar-refractivity contribution in [1.82, 2.24) is 0 Å². The van der Waals surface area contributed by atoms with Crippen LogP contribution in [-0.4, -0.2) is 27.2 Å². The number of benzene rings is 2. The molecule has 29 heavy (non-hydrogen) atoms. The van der Waals surface area contributed by atoms with Gasteiger partial charge in [0.25, 0.3) is 0 Å². The van der Waals surface area contributed by atoms with Crippen LogP contribution in [0.3, 0.4) is 0 Å². The minimum absolute atomic E-state index is 0.340. The largest absolute Gasteiger partial charge is 0.493 e. The van der Waals surface area contributed by atoms with Crippen molar-refractivity contribution in [2.75, 3.05) is 26.6 Å². The van der Waals surface area contributed by atoms with E-state index < -0.39 is 5.63 Å². The van der Waals surface area contributed by atoms with E-state index in [1.165, 1.54) is 33.5 Å². The number of methoxy groups -OCH3 is 3. The highest BCUT2D eigenvalue weighted by molar-refractivity contribution is 6.03. The number of rotatable bonds is 6. The fraction of sp³-hybridized carbons (Fsp3) is 0.182. The summed E-state index contributed by atoms with van der Waals surface area (Å²) in [7, 11) is 4.57. The van der Waals surface area contributed by atoms with Gasteiger partial charge in [-0.2, -0.15) is 0 Å². The topological polar surface area (TPSA) is 87.0 Å². The standard InChI is InChI=1S/C22H21NO6/c1-13-9-21(25)29-17-12-15(6-7-16(13)17)23-20(24)8-5-14-10-18(26-2)22(28-4)19(11-14)27-3/h5-12H,1-4H3,(H,23,24)/b8-5+. The van der Waals surface area contributed by atoms with Crippen molar-refractivity contribution in [1.29, 1.82) is 0 Å². The lowest BCUT2D eigenvalue weighted by Gasteiger charge is -2.12. The molecule has 1 N–H and O–H groups in total. The fourth-order valence-electron chi connectivity index (χ4n) is 2.96. The second kappa shape index (κ2) is 8.52. The van der Waals surface area contributed by atoms with E-state index in [4.69, 9.17) is 18.6 Å². The van der Waals surface area contributed by atoms with Gasteiger partial charge in [0.2, 0.25) is 11.7 Å². The number of hydrogen-bond donors (Lipinski definition) is 1. The van der Waals surface area contributed by atoms with Gasteiger partial charge in [-0.25, -0.2) is 4.79 Å². The summed E-state index contributed by atoms with van der Waals surface area (Å²) in [5.74, 6) is 1.12. The third-order valence-electron chi connectivity index (χ3n) is 4.33. The first-order valence-corrected chi connectivity index (χ1v) is 8.78. The number of aryl methyl sites for hydroxylation is 1. The number of amides is 1. The summed E-state index contributed by atoms with van der Waals surface area (Å²) in [5.41, 5.74) is 2.03. The Labute approximate surface area is 167 Å². The molecule has 150 valence electrons. The van der Waals surface area contributed by atoms with Gasteiger partial charge in [-0.15, -0.1) is 0 Å². The number of anilines is 1. The summed E-state index contributed by atoms with van der Waals surface area (Å²) in [5, 5.41) is 3.56. The molecule has 3 rings (SSSR count). The van der Waals surface area contributed by atoms with Crippen LogP contribution in [0.2, 0.25) is 0 Å². The Morgan fingerprint density at radius 2 is 1.69 bits per heavy atom. The first-order chi connectivity index (χ1) is 13.9. The normalized spacial score (nSPS) is 10.9. The van der Waals surface area contributed by atoms with Gasteiger partial charge in [-0.05, 0) is 48.4 Å². The third-order valence-corrected chi connectivity index (χ3v) is 4.33. The molecule has 0 spiro atoms. The van der Waals surface area contributed by atoms with Crippen molar-refractivity contribution in [2.24, 2.45) is 0 Å². The van der Waals surface area contributed by atoms with E-state index >= 15 is 0 Å². The van der Waals surface area contributed by atoms with Gasteiger partial charge in [-0.1, -0.05) is 0 Å². The molecule has 0 aliphatic carbocycles. The molecule has 0 atom stereocenters. The lowest BCUT2D eigenvalue weighted by Crippen LogP contribution is -2.08. The quantitative estimate of drug-likeness (QED) is 0.505. The first-order valence-electron chi connectivity index (χ1n) is 8.78. The van der Waals surface area contributed by atoms with Crippen LogP contribution in [0, 0.1) is 6.92 Å². The molecule has 0 unspecified atom stereocenters. The molecule has 0 bridgehead atoms. The summed E-state index contributed by atoms with van der Waals surface area (Å²) in [4.78, 5) is 23.9. The van der Waals surface area contributed by atoms with Crippen LogP contribution in [0.1, 0.15) is 11.1 Å². The van der Waals surface area contributed by atoms with E-state index in [9.17, 15) is 9.59 Å². The van der Waals surface area contributed by atoms with E-state index in [1.54, 1.807) is 36.4 Å². The molecule has 2 aromatic carbocycles. The van der Waals surface area contributed by atoms with Crippen molar-refractivity contribution in [3.63, 3.8) is 0 Å². The zero-order valence-corrected chi connectivity index (χ0v) is 16.6. The van der Waals surface area contributed by atoms with Crippen molar-refractivity contribution in [2.45, 2.75) is 6.92 Å². The van der Waals surface area contributed by atoms with E-state index in [2.05, 4.69) is 5.32 Å². The zero-order valence-electron chi connectivity index (χ0n) is 16.6. The Morgan fingerprint density at radius 1 is 1.00 bits per heavy atom. The lowest BCUT2D eigenvalue weighted by atomic mass is 10.1. The zero-order chi connectivity index (χ0) is 21.0. The maximum absolute atomic E-state index is 12.3. The van der Waals surface area contributed by atoms with Crippen molar-refractivity contribution >= 4 is 28.6 Å². The molecule has 7 heteroatoms. The number of ether oxygens (including phenoxy) is 3. The van der Waals surface area contributed by atoms with Crippen LogP contribution in [0.4, 0.5) is 5.69 Å². The molecular formula is C22H21NO6. The monoisotopic (exact) mass is 395 g/mol. The van der Waals surface area contributed by atoms with Crippen LogP contribution >= 0.6 is 0 Å². The number of nitrogens with one attached hydrogen (secondary N) is 1. The summed E-state index contributed by atoms with van der Waals surface area (Å²) in [6, 6.07) is 10.1. The molecule has 0 radical (unpaired) electrons. The smallest absolute Gasteiger partial charge is 0.336 e. The van der Waals surface area contributed by atoms with Crippen molar-refractivity contribution < 1.29 is 23.4 Å². The van der Waals surface area contributed by atoms with Crippen molar-refractivity contribution in [3.05, 3.63) is 64.0 Å². The molecule has 1 heterocycles. The molecule has 3 aromatic rings. The van der Waals surface area contributed by atoms with Gasteiger partial charge in [0.1, 0.15) is 5.58 Å². The van der Waals surface area contributed by atoms with E-state index in [0.29, 0.717) is 34.1 Å². The highest BCUT2D eigenvalue weighted by Crippen LogP contribution is 2.38. The highest BCUT2D eigenvalue weighted by atomic mass is 16.5. The minimum atomic E-state index is -0.430. The van der Waals surface area contributed by atoms with Gasteiger partial charge >= 0.3 is 5.63 Å². The Balaban J connectivity index is 1.81. The maximum atomic E-state index is 12.3. The average Bonchev–Trinajstić information content (AvgIpc) is 2.70. The Morgan fingerprint density at radius 3 is 2.31 bits per heavy atom. The molecule has 0 aliphatic rings. The molecule has 0 saturated heterocycles. The number of carbonyl (C=O) groups excluding carboxylic acids is 1. The van der Waals surface area contributed by atoms with Gasteiger partial charge in [-0.3, -0.25) is 4.79 Å². The van der Waals surface area contributed by atoms with Crippen LogP contribution in [0.15, 0.2) is 51.7 Å². The van der Waals surface area contributed by atoms with E-state index in [-0.39, 0.29) is 5.91 Å². The van der Waals surface area contributed by atoms with E-state index in [1.807, 2.05) is 6.92 Å². The Hall–Kier alpha value is -3.74. The minimum Gasteiger partial charge on any atom is -0.493 e. The second-order valence-corrected chi connectivity index (χ2v) is 6.24. The SMILES string of the molecule is COc1cc(/C=C/C(=O)Nc2ccc3c(C)cc(=O)oc3c2)cc(OC)c1OC. The average molecular weight is 395 g/mol. The maximum Gasteiger partial charge on any atom is 0.336 e. The Bertz CT molecular complexity index is 1120.